The molecule has 352 valence electrons. The molecule has 14 nitrogen and oxygen atoms in total. The number of carbonyl (C=O) groups is 1. The lowest BCUT2D eigenvalue weighted by Gasteiger charge is -2.37. The highest BCUT2D eigenvalue weighted by Crippen LogP contribution is 2.47. The summed E-state index contributed by atoms with van der Waals surface area (Å²) >= 11 is 0. The number of fused-ring (bicyclic) bond motifs is 4. The molecular formula is C50H69NO13. The van der Waals surface area contributed by atoms with Crippen molar-refractivity contribution in [2.45, 2.75) is 79.6 Å². The second-order valence-electron chi connectivity index (χ2n) is 18.1. The van der Waals surface area contributed by atoms with Gasteiger partial charge >= 0.3 is 0 Å². The zero-order valence-electron chi connectivity index (χ0n) is 39.1. The standard InChI is InChI=1S/C50H69NO13/c1-9-51(14-15-54-26-56-28-58-30-60-32-62-34-63-33-61-31-59-29-57-27-55-17-16-53-8)48(52)40-13-11-10-12-39(40)47-43-20-41-35(2)22-49(4,5)24-37(41)18-45(43)64-46-19-38-25-50(6,7)23-36(3)42(38)21-44(46)47/h10-13,18-21,24,35-36H,9,14-17,22-23,25-34H2,1-8H3. The number of benzene rings is 3. The summed E-state index contributed by atoms with van der Waals surface area (Å²) in [6.07, 6.45) is 5.56. The van der Waals surface area contributed by atoms with E-state index < -0.39 is 0 Å². The molecule has 2 aliphatic carbocycles. The summed E-state index contributed by atoms with van der Waals surface area (Å²) in [6, 6.07) is 17.2. The predicted molar refractivity (Wildman–Crippen MR) is 240 cm³/mol. The molecule has 0 aromatic heterocycles. The third-order valence-corrected chi connectivity index (χ3v) is 11.7. The van der Waals surface area contributed by atoms with Crippen molar-refractivity contribution >= 4 is 17.6 Å². The van der Waals surface area contributed by atoms with Gasteiger partial charge in [0.1, 0.15) is 25.1 Å². The van der Waals surface area contributed by atoms with E-state index in [-0.39, 0.29) is 84.5 Å². The normalized spacial score (nSPS) is 18.0. The molecule has 0 saturated carbocycles. The van der Waals surface area contributed by atoms with Gasteiger partial charge in [0.05, 0.1) is 19.8 Å². The Morgan fingerprint density at radius 1 is 0.672 bits per heavy atom. The van der Waals surface area contributed by atoms with Crippen molar-refractivity contribution in [2.24, 2.45) is 10.8 Å². The van der Waals surface area contributed by atoms with Gasteiger partial charge in [-0.2, -0.15) is 0 Å². The molecule has 14 heteroatoms. The fourth-order valence-electron chi connectivity index (χ4n) is 9.13. The van der Waals surface area contributed by atoms with Crippen molar-refractivity contribution in [2.75, 3.05) is 101 Å². The summed E-state index contributed by atoms with van der Waals surface area (Å²) in [6.45, 7) is 18.0. The van der Waals surface area contributed by atoms with Crippen molar-refractivity contribution in [3.8, 4) is 11.5 Å². The first-order valence-electron chi connectivity index (χ1n) is 22.3. The van der Waals surface area contributed by atoms with Crippen molar-refractivity contribution in [3.63, 3.8) is 0 Å². The molecule has 0 bridgehead atoms. The molecule has 0 spiro atoms. The van der Waals surface area contributed by atoms with Crippen LogP contribution >= 0.6 is 0 Å². The summed E-state index contributed by atoms with van der Waals surface area (Å²) in [4.78, 5) is 16.4. The number of ether oxygens (including phenoxy) is 12. The first-order valence-corrected chi connectivity index (χ1v) is 22.3. The van der Waals surface area contributed by atoms with E-state index in [0.717, 1.165) is 52.7 Å². The molecule has 0 saturated heterocycles. The van der Waals surface area contributed by atoms with Gasteiger partial charge in [0, 0.05) is 42.1 Å². The van der Waals surface area contributed by atoms with Gasteiger partial charge in [0.25, 0.3) is 5.91 Å². The summed E-state index contributed by atoms with van der Waals surface area (Å²) in [7, 11) is 1.60. The maximum atomic E-state index is 14.5. The highest BCUT2D eigenvalue weighted by molar-refractivity contribution is 6.02. The minimum Gasteiger partial charge on any atom is -0.456 e. The molecule has 0 N–H and O–H groups in total. The Labute approximate surface area is 378 Å². The van der Waals surface area contributed by atoms with Crippen LogP contribution in [0.3, 0.4) is 0 Å². The molecule has 0 radical (unpaired) electrons. The third-order valence-electron chi connectivity index (χ3n) is 11.7. The molecule has 1 amide bonds. The van der Waals surface area contributed by atoms with Gasteiger partial charge < -0.3 is 61.7 Å². The van der Waals surface area contributed by atoms with Crippen LogP contribution in [0.2, 0.25) is 0 Å². The van der Waals surface area contributed by atoms with Crippen LogP contribution in [-0.2, 0) is 58.5 Å². The van der Waals surface area contributed by atoms with Crippen LogP contribution in [0.5, 0.6) is 11.5 Å². The topological polar surface area (TPSA) is 131 Å². The fraction of sp³-hybridized carbons (Fsp3) is 0.580. The van der Waals surface area contributed by atoms with Crippen LogP contribution < -0.4 is 15.2 Å². The largest absolute Gasteiger partial charge is 0.456 e. The van der Waals surface area contributed by atoms with E-state index in [9.17, 15) is 4.79 Å². The van der Waals surface area contributed by atoms with E-state index >= 15 is 0 Å². The molecule has 0 fully saturated rings. The predicted octanol–water partition coefficient (Wildman–Crippen LogP) is 7.32. The Balaban J connectivity index is 1.00. The van der Waals surface area contributed by atoms with Crippen LogP contribution in [0.4, 0.5) is 0 Å². The molecule has 1 heterocycles. The van der Waals surface area contributed by atoms with E-state index in [0.29, 0.717) is 43.7 Å². The van der Waals surface area contributed by atoms with E-state index in [2.05, 4.69) is 78.0 Å². The number of nitrogens with zero attached hydrogens (tertiary/aromatic N) is 1. The molecule has 64 heavy (non-hydrogen) atoms. The Morgan fingerprint density at radius 3 is 1.86 bits per heavy atom. The van der Waals surface area contributed by atoms with Crippen LogP contribution in [0, 0.1) is 10.8 Å². The van der Waals surface area contributed by atoms with Gasteiger partial charge in [-0.3, -0.25) is 4.79 Å². The number of amides is 1. The van der Waals surface area contributed by atoms with Gasteiger partial charge in [0.15, 0.2) is 47.6 Å². The molecule has 3 aromatic carbocycles. The van der Waals surface area contributed by atoms with Crippen LogP contribution in [0.1, 0.15) is 111 Å². The number of carbonyl (C=O) groups excluding carboxylic acids is 1. The Morgan fingerprint density at radius 2 is 1.25 bits per heavy atom. The highest BCUT2D eigenvalue weighted by Gasteiger charge is 2.34. The van der Waals surface area contributed by atoms with Crippen LogP contribution in [0.15, 0.2) is 48.5 Å². The summed E-state index contributed by atoms with van der Waals surface area (Å²) in [5.41, 5.74) is 7.93. The molecule has 1 aliphatic heterocycles. The van der Waals surface area contributed by atoms with Crippen LogP contribution in [0.25, 0.3) is 11.6 Å². The first kappa shape index (κ1) is 49.7. The molecule has 6 rings (SSSR count). The number of methoxy groups -OCH3 is 1. The van der Waals surface area contributed by atoms with Gasteiger partial charge in [-0.25, -0.2) is 0 Å². The average Bonchev–Trinajstić information content (AvgIpc) is 3.25. The number of hydrogen-bond acceptors (Lipinski definition) is 13. The second-order valence-corrected chi connectivity index (χ2v) is 18.1. The third kappa shape index (κ3) is 13.6. The summed E-state index contributed by atoms with van der Waals surface area (Å²) in [5.74, 6) is 2.39. The van der Waals surface area contributed by atoms with Crippen molar-refractivity contribution in [1.29, 1.82) is 0 Å². The second kappa shape index (κ2) is 24.1. The smallest absolute Gasteiger partial charge is 0.254 e. The van der Waals surface area contributed by atoms with E-state index in [1.165, 1.54) is 21.9 Å². The molecular weight excluding hydrogens is 823 g/mol. The van der Waals surface area contributed by atoms with Crippen molar-refractivity contribution < 1.29 is 61.6 Å². The van der Waals surface area contributed by atoms with Gasteiger partial charge in [-0.15, -0.1) is 0 Å². The highest BCUT2D eigenvalue weighted by atomic mass is 16.8. The van der Waals surface area contributed by atoms with E-state index in [4.69, 9.17) is 56.8 Å². The summed E-state index contributed by atoms with van der Waals surface area (Å²) < 4.78 is 64.4. The number of rotatable bonds is 27. The number of likely N-dealkylation sites (N-methyl/N-ethyl adjacent to an activating group) is 1. The average molecular weight is 892 g/mol. The fourth-order valence-corrected chi connectivity index (χ4v) is 9.13. The SMILES string of the molecule is CCN(CCOCOCOCOCOCOCOCOCOCOCCOC)C(=O)c1ccccc1C1=c2cc3c(cc2Oc2cc4c(cc21)C(C)CC(C)(C)C4)=CC(C)(C)CC3C. The minimum absolute atomic E-state index is 0.00390. The van der Waals surface area contributed by atoms with Gasteiger partial charge in [-0.1, -0.05) is 65.8 Å². The Hall–Kier alpha value is -3.77. The summed E-state index contributed by atoms with van der Waals surface area (Å²) in [5, 5.41) is 2.25. The first-order chi connectivity index (χ1) is 30.9. The van der Waals surface area contributed by atoms with Gasteiger partial charge in [0.2, 0.25) is 0 Å². The lowest BCUT2D eigenvalue weighted by molar-refractivity contribution is -0.229. The number of hydrogen-bond donors (Lipinski definition) is 0. The Kier molecular flexibility index (Phi) is 18.7. The quantitative estimate of drug-likeness (QED) is 0.0438. The monoisotopic (exact) mass is 891 g/mol. The van der Waals surface area contributed by atoms with Crippen molar-refractivity contribution in [1.82, 2.24) is 4.90 Å². The molecule has 2 unspecified atom stereocenters. The molecule has 2 atom stereocenters. The Bertz CT molecular complexity index is 2100. The lowest BCUT2D eigenvalue weighted by Crippen LogP contribution is -2.35. The zero-order valence-corrected chi connectivity index (χ0v) is 39.1. The zero-order chi connectivity index (χ0) is 45.5. The van der Waals surface area contributed by atoms with E-state index in [1.807, 2.05) is 30.0 Å². The maximum Gasteiger partial charge on any atom is 0.254 e. The van der Waals surface area contributed by atoms with E-state index in [1.54, 1.807) is 7.11 Å². The molecule has 3 aromatic rings. The van der Waals surface area contributed by atoms with Crippen LogP contribution in [-0.4, -0.2) is 112 Å². The maximum absolute atomic E-state index is 14.5. The lowest BCUT2D eigenvalue weighted by atomic mass is 9.69. The van der Waals surface area contributed by atoms with Crippen molar-refractivity contribution in [3.05, 3.63) is 92.3 Å². The molecule has 3 aliphatic rings. The minimum atomic E-state index is -0.0598. The van der Waals surface area contributed by atoms with Gasteiger partial charge in [-0.05, 0) is 107 Å².